The molecule has 0 bridgehead atoms. The standard InChI is InChI=1S/C19H27N3O2/c1-14-6-4-7-15(12-14)13-21(16-8-9-16)10-5-11-22-17(23)19(2,3)20-18(22)24/h4,6-7,12,16H,5,8-11,13H2,1-3H3,(H,20,24). The van der Waals surface area contributed by atoms with Crippen LogP contribution in [0, 0.1) is 6.92 Å². The molecule has 5 heteroatoms. The molecule has 0 atom stereocenters. The molecule has 1 aliphatic heterocycles. The molecule has 5 nitrogen and oxygen atoms in total. The van der Waals surface area contributed by atoms with Gasteiger partial charge in [-0.1, -0.05) is 29.8 Å². The van der Waals surface area contributed by atoms with E-state index in [-0.39, 0.29) is 11.9 Å². The molecule has 2 aliphatic rings. The summed E-state index contributed by atoms with van der Waals surface area (Å²) in [4.78, 5) is 28.0. The smallest absolute Gasteiger partial charge is 0.324 e. The fourth-order valence-corrected chi connectivity index (χ4v) is 3.33. The highest BCUT2D eigenvalue weighted by Gasteiger charge is 2.43. The third-order valence-electron chi connectivity index (χ3n) is 4.80. The van der Waals surface area contributed by atoms with Gasteiger partial charge in [-0.2, -0.15) is 0 Å². The average molecular weight is 329 g/mol. The van der Waals surface area contributed by atoms with Gasteiger partial charge in [-0.3, -0.25) is 14.6 Å². The van der Waals surface area contributed by atoms with Crippen LogP contribution >= 0.6 is 0 Å². The van der Waals surface area contributed by atoms with Crippen molar-refractivity contribution >= 4 is 11.9 Å². The summed E-state index contributed by atoms with van der Waals surface area (Å²) in [6.07, 6.45) is 3.32. The third-order valence-corrected chi connectivity index (χ3v) is 4.80. The van der Waals surface area contributed by atoms with Gasteiger partial charge in [-0.05, 0) is 45.6 Å². The van der Waals surface area contributed by atoms with Gasteiger partial charge < -0.3 is 5.32 Å². The largest absolute Gasteiger partial charge is 0.325 e. The zero-order valence-corrected chi connectivity index (χ0v) is 14.8. The number of nitrogens with zero attached hydrogens (tertiary/aromatic N) is 2. The van der Waals surface area contributed by atoms with E-state index >= 15 is 0 Å². The highest BCUT2D eigenvalue weighted by Crippen LogP contribution is 2.28. The summed E-state index contributed by atoms with van der Waals surface area (Å²) in [6.45, 7) is 7.96. The lowest BCUT2D eigenvalue weighted by Gasteiger charge is -2.23. The fourth-order valence-electron chi connectivity index (χ4n) is 3.33. The summed E-state index contributed by atoms with van der Waals surface area (Å²) in [7, 11) is 0. The maximum absolute atomic E-state index is 12.2. The molecule has 1 heterocycles. The van der Waals surface area contributed by atoms with Crippen LogP contribution in [0.3, 0.4) is 0 Å². The molecule has 1 N–H and O–H groups in total. The number of hydrogen-bond acceptors (Lipinski definition) is 3. The first-order chi connectivity index (χ1) is 11.4. The van der Waals surface area contributed by atoms with Crippen molar-refractivity contribution in [2.75, 3.05) is 13.1 Å². The van der Waals surface area contributed by atoms with E-state index < -0.39 is 5.54 Å². The number of carbonyl (C=O) groups excluding carboxylic acids is 2. The molecule has 1 aromatic carbocycles. The van der Waals surface area contributed by atoms with Crippen molar-refractivity contribution in [2.45, 2.75) is 58.2 Å². The molecule has 2 fully saturated rings. The van der Waals surface area contributed by atoms with E-state index in [1.165, 1.54) is 28.9 Å². The summed E-state index contributed by atoms with van der Waals surface area (Å²) in [5, 5.41) is 2.74. The zero-order chi connectivity index (χ0) is 17.3. The number of amides is 3. The Hall–Kier alpha value is -1.88. The number of benzene rings is 1. The Morgan fingerprint density at radius 2 is 2.04 bits per heavy atom. The average Bonchev–Trinajstić information content (AvgIpc) is 3.31. The minimum absolute atomic E-state index is 0.121. The van der Waals surface area contributed by atoms with Crippen LogP contribution < -0.4 is 5.32 Å². The third kappa shape index (κ3) is 3.78. The lowest BCUT2D eigenvalue weighted by atomic mass is 10.1. The zero-order valence-electron chi connectivity index (χ0n) is 14.8. The highest BCUT2D eigenvalue weighted by atomic mass is 16.2. The first-order valence-electron chi connectivity index (χ1n) is 8.80. The van der Waals surface area contributed by atoms with E-state index in [1.807, 2.05) is 0 Å². The summed E-state index contributed by atoms with van der Waals surface area (Å²) in [6, 6.07) is 9.01. The van der Waals surface area contributed by atoms with Crippen molar-refractivity contribution in [1.29, 1.82) is 0 Å². The molecule has 1 aliphatic carbocycles. The maximum Gasteiger partial charge on any atom is 0.325 e. The van der Waals surface area contributed by atoms with Gasteiger partial charge >= 0.3 is 6.03 Å². The Bertz CT molecular complexity index is 637. The van der Waals surface area contributed by atoms with Crippen molar-refractivity contribution in [3.8, 4) is 0 Å². The van der Waals surface area contributed by atoms with Gasteiger partial charge in [-0.25, -0.2) is 4.79 Å². The highest BCUT2D eigenvalue weighted by molar-refractivity contribution is 6.06. The summed E-state index contributed by atoms with van der Waals surface area (Å²) in [5.74, 6) is -0.121. The minimum atomic E-state index is -0.769. The second-order valence-electron chi connectivity index (χ2n) is 7.56. The van der Waals surface area contributed by atoms with Gasteiger partial charge in [0.05, 0.1) is 0 Å². The molecule has 1 saturated heterocycles. The Morgan fingerprint density at radius 3 is 2.62 bits per heavy atom. The lowest BCUT2D eigenvalue weighted by Crippen LogP contribution is -2.40. The molecule has 0 aromatic heterocycles. The summed E-state index contributed by atoms with van der Waals surface area (Å²) < 4.78 is 0. The van der Waals surface area contributed by atoms with Crippen LogP contribution in [-0.2, 0) is 11.3 Å². The predicted molar refractivity (Wildman–Crippen MR) is 93.6 cm³/mol. The van der Waals surface area contributed by atoms with Crippen LogP contribution in [0.1, 0.15) is 44.2 Å². The fraction of sp³-hybridized carbons (Fsp3) is 0.579. The molecule has 0 unspecified atom stereocenters. The quantitative estimate of drug-likeness (QED) is 0.783. The summed E-state index contributed by atoms with van der Waals surface area (Å²) in [5.41, 5.74) is 1.84. The molecule has 1 saturated carbocycles. The Morgan fingerprint density at radius 1 is 1.29 bits per heavy atom. The van der Waals surface area contributed by atoms with Crippen molar-refractivity contribution in [3.05, 3.63) is 35.4 Å². The van der Waals surface area contributed by atoms with Gasteiger partial charge in [0.1, 0.15) is 5.54 Å². The van der Waals surface area contributed by atoms with Crippen molar-refractivity contribution in [2.24, 2.45) is 0 Å². The van der Waals surface area contributed by atoms with Crippen LogP contribution in [0.5, 0.6) is 0 Å². The van der Waals surface area contributed by atoms with Crippen LogP contribution in [-0.4, -0.2) is 46.4 Å². The number of urea groups is 1. The lowest BCUT2D eigenvalue weighted by molar-refractivity contribution is -0.130. The number of hydrogen-bond donors (Lipinski definition) is 1. The van der Waals surface area contributed by atoms with E-state index in [2.05, 4.69) is 41.4 Å². The van der Waals surface area contributed by atoms with Crippen LogP contribution in [0.4, 0.5) is 4.79 Å². The van der Waals surface area contributed by atoms with Gasteiger partial charge in [-0.15, -0.1) is 0 Å². The molecule has 130 valence electrons. The Balaban J connectivity index is 1.54. The number of nitrogens with one attached hydrogen (secondary N) is 1. The molecule has 0 radical (unpaired) electrons. The normalized spacial score (nSPS) is 19.9. The van der Waals surface area contributed by atoms with E-state index in [0.717, 1.165) is 19.5 Å². The minimum Gasteiger partial charge on any atom is -0.324 e. The molecule has 0 spiro atoms. The molecule has 24 heavy (non-hydrogen) atoms. The van der Waals surface area contributed by atoms with E-state index in [9.17, 15) is 9.59 Å². The van der Waals surface area contributed by atoms with E-state index in [0.29, 0.717) is 12.6 Å². The van der Waals surface area contributed by atoms with Crippen LogP contribution in [0.15, 0.2) is 24.3 Å². The first kappa shape index (κ1) is 17.0. The van der Waals surface area contributed by atoms with Crippen molar-refractivity contribution < 1.29 is 9.59 Å². The SMILES string of the molecule is Cc1cccc(CN(CCCN2C(=O)NC(C)(C)C2=O)C2CC2)c1. The van der Waals surface area contributed by atoms with E-state index in [4.69, 9.17) is 0 Å². The Kier molecular flexibility index (Phi) is 4.63. The second kappa shape index (κ2) is 6.55. The van der Waals surface area contributed by atoms with Gasteiger partial charge in [0, 0.05) is 25.7 Å². The predicted octanol–water partition coefficient (Wildman–Crippen LogP) is 2.68. The first-order valence-corrected chi connectivity index (χ1v) is 8.80. The number of imide groups is 1. The molecular weight excluding hydrogens is 302 g/mol. The van der Waals surface area contributed by atoms with Gasteiger partial charge in [0.15, 0.2) is 0 Å². The number of carbonyl (C=O) groups is 2. The second-order valence-corrected chi connectivity index (χ2v) is 7.56. The Labute approximate surface area is 144 Å². The van der Waals surface area contributed by atoms with Crippen LogP contribution in [0.2, 0.25) is 0 Å². The molecular formula is C19H27N3O2. The summed E-state index contributed by atoms with van der Waals surface area (Å²) >= 11 is 0. The monoisotopic (exact) mass is 329 g/mol. The molecule has 3 rings (SSSR count). The molecule has 1 aromatic rings. The van der Waals surface area contributed by atoms with Crippen molar-refractivity contribution in [3.63, 3.8) is 0 Å². The topological polar surface area (TPSA) is 52.6 Å². The van der Waals surface area contributed by atoms with E-state index in [1.54, 1.807) is 13.8 Å². The van der Waals surface area contributed by atoms with Crippen molar-refractivity contribution in [1.82, 2.24) is 15.1 Å². The molecule has 3 amide bonds. The maximum atomic E-state index is 12.2. The number of aryl methyl sites for hydroxylation is 1. The number of rotatable bonds is 7. The van der Waals surface area contributed by atoms with Crippen LogP contribution in [0.25, 0.3) is 0 Å². The van der Waals surface area contributed by atoms with Gasteiger partial charge in [0.25, 0.3) is 5.91 Å². The van der Waals surface area contributed by atoms with Gasteiger partial charge in [0.2, 0.25) is 0 Å².